The monoisotopic (exact) mass is 294 g/mol. The molecular weight excluding hydrogens is 267 g/mol. The summed E-state index contributed by atoms with van der Waals surface area (Å²) < 4.78 is 13.4. The van der Waals surface area contributed by atoms with Crippen molar-refractivity contribution in [2.24, 2.45) is 0 Å². The highest BCUT2D eigenvalue weighted by atomic mass is 19.1. The number of nitrogens with zero attached hydrogens (tertiary/aromatic N) is 1. The van der Waals surface area contributed by atoms with Crippen molar-refractivity contribution < 1.29 is 9.18 Å². The average Bonchev–Trinajstić information content (AvgIpc) is 2.44. The van der Waals surface area contributed by atoms with Crippen molar-refractivity contribution in [2.75, 3.05) is 18.8 Å². The lowest BCUT2D eigenvalue weighted by Gasteiger charge is -2.23. The van der Waals surface area contributed by atoms with Gasteiger partial charge in [0.15, 0.2) is 0 Å². The lowest BCUT2D eigenvalue weighted by Crippen LogP contribution is -2.33. The largest absolute Gasteiger partial charge is 0.399 e. The maximum absolute atomic E-state index is 13.4. The number of nitrogen functional groups attached to an aromatic ring is 1. The average molecular weight is 294 g/mol. The van der Waals surface area contributed by atoms with Crippen molar-refractivity contribution in [2.45, 2.75) is 52.4 Å². The van der Waals surface area contributed by atoms with Crippen molar-refractivity contribution in [3.63, 3.8) is 0 Å². The highest BCUT2D eigenvalue weighted by molar-refractivity contribution is 5.95. The van der Waals surface area contributed by atoms with E-state index in [1.54, 1.807) is 6.07 Å². The molecule has 3 nitrogen and oxygen atoms in total. The minimum absolute atomic E-state index is 0.117. The number of rotatable bonds is 9. The number of anilines is 1. The van der Waals surface area contributed by atoms with Gasteiger partial charge in [-0.15, -0.1) is 0 Å². The minimum Gasteiger partial charge on any atom is -0.399 e. The number of amides is 1. The molecule has 21 heavy (non-hydrogen) atoms. The molecule has 0 bridgehead atoms. The maximum Gasteiger partial charge on any atom is 0.254 e. The van der Waals surface area contributed by atoms with Crippen molar-refractivity contribution in [1.82, 2.24) is 4.90 Å². The number of benzene rings is 1. The van der Waals surface area contributed by atoms with Crippen LogP contribution in [0.1, 0.15) is 62.7 Å². The first kappa shape index (κ1) is 17.5. The molecule has 0 aliphatic heterocycles. The van der Waals surface area contributed by atoms with Crippen molar-refractivity contribution in [3.8, 4) is 0 Å². The number of hydrogen-bond donors (Lipinski definition) is 1. The molecule has 0 aliphatic rings. The highest BCUT2D eigenvalue weighted by Gasteiger charge is 2.16. The van der Waals surface area contributed by atoms with Gasteiger partial charge in [-0.25, -0.2) is 4.39 Å². The summed E-state index contributed by atoms with van der Waals surface area (Å²) in [6, 6.07) is 4.05. The third-order valence-electron chi connectivity index (χ3n) is 3.52. The summed E-state index contributed by atoms with van der Waals surface area (Å²) in [7, 11) is 0. The summed E-state index contributed by atoms with van der Waals surface area (Å²) in [6.07, 6.45) is 6.40. The molecule has 0 aliphatic carbocycles. The number of halogens is 1. The van der Waals surface area contributed by atoms with Crippen LogP contribution in [0.25, 0.3) is 0 Å². The molecule has 0 unspecified atom stereocenters. The van der Waals surface area contributed by atoms with Crippen molar-refractivity contribution in [3.05, 3.63) is 29.6 Å². The predicted molar refractivity (Wildman–Crippen MR) is 85.8 cm³/mol. The number of carbonyl (C=O) groups is 1. The Kier molecular flexibility index (Phi) is 7.80. The van der Waals surface area contributed by atoms with Gasteiger partial charge in [0.1, 0.15) is 5.82 Å². The van der Waals surface area contributed by atoms with Crippen LogP contribution in [0.15, 0.2) is 18.2 Å². The van der Waals surface area contributed by atoms with Gasteiger partial charge in [-0.2, -0.15) is 0 Å². The molecule has 0 fully saturated rings. The van der Waals surface area contributed by atoms with Crippen LogP contribution in [0.5, 0.6) is 0 Å². The Bertz CT molecular complexity index is 418. The van der Waals surface area contributed by atoms with Crippen LogP contribution in [-0.2, 0) is 0 Å². The van der Waals surface area contributed by atoms with Gasteiger partial charge in [-0.05, 0) is 31.0 Å². The molecule has 1 aromatic carbocycles. The Morgan fingerprint density at radius 1 is 1.05 bits per heavy atom. The SMILES string of the molecule is CCCCCN(CCCCC)C(=O)c1cc(N)cc(F)c1. The second-order valence-electron chi connectivity index (χ2n) is 5.48. The molecule has 0 saturated carbocycles. The molecule has 1 aromatic rings. The second-order valence-corrected chi connectivity index (χ2v) is 5.48. The van der Waals surface area contributed by atoms with E-state index in [1.165, 1.54) is 12.1 Å². The van der Waals surface area contributed by atoms with Gasteiger partial charge >= 0.3 is 0 Å². The molecule has 0 atom stereocenters. The van der Waals surface area contributed by atoms with Gasteiger partial charge in [-0.3, -0.25) is 4.79 Å². The van der Waals surface area contributed by atoms with E-state index in [9.17, 15) is 9.18 Å². The molecular formula is C17H27FN2O. The number of nitrogens with two attached hydrogens (primary N) is 1. The predicted octanol–water partition coefficient (Wildman–Crippen LogP) is 4.23. The van der Waals surface area contributed by atoms with Gasteiger partial charge in [-0.1, -0.05) is 39.5 Å². The van der Waals surface area contributed by atoms with E-state index in [1.807, 2.05) is 4.90 Å². The van der Waals surface area contributed by atoms with Crippen LogP contribution in [0, 0.1) is 5.82 Å². The number of carbonyl (C=O) groups excluding carboxylic acids is 1. The molecule has 0 heterocycles. The third-order valence-corrected chi connectivity index (χ3v) is 3.52. The van der Waals surface area contributed by atoms with Gasteiger partial charge in [0.2, 0.25) is 0 Å². The van der Waals surface area contributed by atoms with E-state index < -0.39 is 5.82 Å². The summed E-state index contributed by atoms with van der Waals surface area (Å²) in [4.78, 5) is 14.4. The molecule has 2 N–H and O–H groups in total. The Morgan fingerprint density at radius 2 is 1.62 bits per heavy atom. The number of unbranched alkanes of at least 4 members (excludes halogenated alkanes) is 4. The van der Waals surface area contributed by atoms with Crippen molar-refractivity contribution in [1.29, 1.82) is 0 Å². The molecule has 0 spiro atoms. The number of hydrogen-bond acceptors (Lipinski definition) is 2. The summed E-state index contributed by atoms with van der Waals surface area (Å²) in [5, 5.41) is 0. The van der Waals surface area contributed by atoms with Crippen LogP contribution < -0.4 is 5.73 Å². The summed E-state index contributed by atoms with van der Waals surface area (Å²) in [5.41, 5.74) is 6.27. The van der Waals surface area contributed by atoms with Crippen LogP contribution in [0.3, 0.4) is 0 Å². The molecule has 0 radical (unpaired) electrons. The lowest BCUT2D eigenvalue weighted by atomic mass is 10.1. The first-order valence-corrected chi connectivity index (χ1v) is 7.93. The molecule has 1 rings (SSSR count). The zero-order chi connectivity index (χ0) is 15.7. The standard InChI is InChI=1S/C17H27FN2O/c1-3-5-7-9-20(10-8-6-4-2)17(21)14-11-15(18)13-16(19)12-14/h11-13H,3-10,19H2,1-2H3. The molecule has 4 heteroatoms. The normalized spacial score (nSPS) is 10.6. The van der Waals surface area contributed by atoms with E-state index >= 15 is 0 Å². The Hall–Kier alpha value is -1.58. The van der Waals surface area contributed by atoms with Gasteiger partial charge < -0.3 is 10.6 Å². The van der Waals surface area contributed by atoms with E-state index in [-0.39, 0.29) is 5.91 Å². The fourth-order valence-corrected chi connectivity index (χ4v) is 2.34. The smallest absolute Gasteiger partial charge is 0.254 e. The van der Waals surface area contributed by atoms with E-state index in [2.05, 4.69) is 13.8 Å². The van der Waals surface area contributed by atoms with Crippen LogP contribution in [0.4, 0.5) is 10.1 Å². The zero-order valence-corrected chi connectivity index (χ0v) is 13.2. The van der Waals surface area contributed by atoms with Crippen LogP contribution in [-0.4, -0.2) is 23.9 Å². The van der Waals surface area contributed by atoms with Crippen LogP contribution in [0.2, 0.25) is 0 Å². The quantitative estimate of drug-likeness (QED) is 0.547. The minimum atomic E-state index is -0.458. The topological polar surface area (TPSA) is 46.3 Å². The second kappa shape index (κ2) is 9.37. The Morgan fingerprint density at radius 3 is 2.10 bits per heavy atom. The van der Waals surface area contributed by atoms with E-state index in [0.29, 0.717) is 11.3 Å². The van der Waals surface area contributed by atoms with E-state index in [0.717, 1.165) is 51.6 Å². The van der Waals surface area contributed by atoms with E-state index in [4.69, 9.17) is 5.73 Å². The summed E-state index contributed by atoms with van der Waals surface area (Å²) >= 11 is 0. The highest BCUT2D eigenvalue weighted by Crippen LogP contribution is 2.14. The van der Waals surface area contributed by atoms with Crippen molar-refractivity contribution >= 4 is 11.6 Å². The molecule has 118 valence electrons. The Labute approximate surface area is 127 Å². The fraction of sp³-hybridized carbons (Fsp3) is 0.588. The fourth-order valence-electron chi connectivity index (χ4n) is 2.34. The van der Waals surface area contributed by atoms with Gasteiger partial charge in [0, 0.05) is 24.3 Å². The van der Waals surface area contributed by atoms with Crippen LogP contribution >= 0.6 is 0 Å². The first-order valence-electron chi connectivity index (χ1n) is 7.93. The maximum atomic E-state index is 13.4. The van der Waals surface area contributed by atoms with Gasteiger partial charge in [0.05, 0.1) is 0 Å². The molecule has 0 aromatic heterocycles. The zero-order valence-electron chi connectivity index (χ0n) is 13.2. The third kappa shape index (κ3) is 6.15. The Balaban J connectivity index is 2.76. The molecule has 0 saturated heterocycles. The first-order chi connectivity index (χ1) is 10.1. The summed E-state index contributed by atoms with van der Waals surface area (Å²) in [6.45, 7) is 5.73. The molecule has 1 amide bonds. The summed E-state index contributed by atoms with van der Waals surface area (Å²) in [5.74, 6) is -0.575. The van der Waals surface area contributed by atoms with Gasteiger partial charge in [0.25, 0.3) is 5.91 Å². The lowest BCUT2D eigenvalue weighted by molar-refractivity contribution is 0.0749.